The first-order valence-corrected chi connectivity index (χ1v) is 10.1. The summed E-state index contributed by atoms with van der Waals surface area (Å²) in [6, 6.07) is 15.9. The van der Waals surface area contributed by atoms with Gasteiger partial charge in [0.15, 0.2) is 17.3 Å². The molecular weight excluding hydrogens is 436 g/mol. The van der Waals surface area contributed by atoms with E-state index < -0.39 is 5.91 Å². The minimum atomic E-state index is -0.455. The Morgan fingerprint density at radius 1 is 1.09 bits per heavy atom. The summed E-state index contributed by atoms with van der Waals surface area (Å²) in [5, 5.41) is 7.54. The van der Waals surface area contributed by atoms with Gasteiger partial charge >= 0.3 is 0 Å². The van der Waals surface area contributed by atoms with Crippen LogP contribution in [0.2, 0.25) is 5.02 Å². The lowest BCUT2D eigenvalue weighted by atomic mass is 10.2. The molecule has 32 heavy (non-hydrogen) atoms. The molecule has 0 spiro atoms. The minimum absolute atomic E-state index is 0.128. The molecule has 4 aromatic rings. The predicted octanol–water partition coefficient (Wildman–Crippen LogP) is 4.13. The summed E-state index contributed by atoms with van der Waals surface area (Å²) in [6.45, 7) is 0.854. The second-order valence-electron chi connectivity index (χ2n) is 6.92. The molecule has 0 unspecified atom stereocenters. The van der Waals surface area contributed by atoms with Crippen molar-refractivity contribution < 1.29 is 23.4 Å². The molecule has 0 saturated heterocycles. The highest BCUT2D eigenvalue weighted by atomic mass is 35.5. The number of halogens is 1. The Balaban J connectivity index is 1.16. The van der Waals surface area contributed by atoms with Crippen molar-refractivity contribution >= 4 is 23.5 Å². The van der Waals surface area contributed by atoms with E-state index in [2.05, 4.69) is 15.4 Å². The zero-order valence-electron chi connectivity index (χ0n) is 16.7. The van der Waals surface area contributed by atoms with E-state index >= 15 is 0 Å². The van der Waals surface area contributed by atoms with Crippen LogP contribution in [-0.4, -0.2) is 27.5 Å². The van der Waals surface area contributed by atoms with Crippen molar-refractivity contribution in [1.82, 2.24) is 14.8 Å². The van der Waals surface area contributed by atoms with Gasteiger partial charge in [-0.3, -0.25) is 10.1 Å². The molecule has 1 N–H and O–H groups in total. The van der Waals surface area contributed by atoms with Crippen molar-refractivity contribution in [3.63, 3.8) is 0 Å². The molecule has 0 aliphatic carbocycles. The molecule has 2 aromatic heterocycles. The summed E-state index contributed by atoms with van der Waals surface area (Å²) in [7, 11) is 0. The zero-order valence-corrected chi connectivity index (χ0v) is 17.4. The fourth-order valence-electron chi connectivity index (χ4n) is 3.07. The highest BCUT2D eigenvalue weighted by Gasteiger charge is 2.16. The largest absolute Gasteiger partial charge is 0.486 e. The van der Waals surface area contributed by atoms with E-state index in [-0.39, 0.29) is 25.1 Å². The molecule has 162 valence electrons. The van der Waals surface area contributed by atoms with E-state index in [4.69, 9.17) is 30.2 Å². The Hall–Kier alpha value is -3.98. The summed E-state index contributed by atoms with van der Waals surface area (Å²) in [4.78, 5) is 16.6. The Kier molecular flexibility index (Phi) is 5.39. The van der Waals surface area contributed by atoms with Gasteiger partial charge in [-0.1, -0.05) is 23.7 Å². The number of rotatable bonds is 7. The second kappa shape index (κ2) is 8.64. The third-order valence-corrected chi connectivity index (χ3v) is 4.88. The number of benzene rings is 2. The lowest BCUT2D eigenvalue weighted by molar-refractivity contribution is 0.0991. The number of nitrogens with one attached hydrogen (secondary N) is 1. The SMILES string of the molecule is O=C(Nc1ncn(Cc2ccc(Cl)cc2)n1)c1ccc(COc2ccc3c(c2)OCO3)o1. The topological polar surface area (TPSA) is 101 Å². The maximum absolute atomic E-state index is 12.5. The smallest absolute Gasteiger partial charge is 0.293 e. The van der Waals surface area contributed by atoms with Crippen LogP contribution >= 0.6 is 11.6 Å². The fraction of sp³-hybridized carbons (Fsp3) is 0.136. The number of carbonyl (C=O) groups excluding carboxylic acids is 1. The summed E-state index contributed by atoms with van der Waals surface area (Å²) in [5.74, 6) is 2.26. The maximum atomic E-state index is 12.5. The lowest BCUT2D eigenvalue weighted by Crippen LogP contribution is -2.12. The van der Waals surface area contributed by atoms with Crippen molar-refractivity contribution in [2.24, 2.45) is 0 Å². The summed E-state index contributed by atoms with van der Waals surface area (Å²) >= 11 is 5.90. The molecule has 3 heterocycles. The quantitative estimate of drug-likeness (QED) is 0.450. The first-order chi connectivity index (χ1) is 15.6. The van der Waals surface area contributed by atoms with Gasteiger partial charge in [0, 0.05) is 11.1 Å². The fourth-order valence-corrected chi connectivity index (χ4v) is 3.19. The van der Waals surface area contributed by atoms with Gasteiger partial charge in [-0.2, -0.15) is 0 Å². The summed E-state index contributed by atoms with van der Waals surface area (Å²) in [5.41, 5.74) is 1.01. The predicted molar refractivity (Wildman–Crippen MR) is 114 cm³/mol. The Bertz CT molecular complexity index is 1250. The van der Waals surface area contributed by atoms with Crippen LogP contribution in [0.4, 0.5) is 5.95 Å². The summed E-state index contributed by atoms with van der Waals surface area (Å²) in [6.07, 6.45) is 1.54. The molecule has 0 atom stereocenters. The molecule has 0 saturated carbocycles. The number of furan rings is 1. The van der Waals surface area contributed by atoms with Gasteiger partial charge in [-0.25, -0.2) is 9.67 Å². The Morgan fingerprint density at radius 3 is 2.81 bits per heavy atom. The molecule has 1 amide bonds. The number of aromatic nitrogens is 3. The molecule has 1 aliphatic rings. The standard InChI is InChI=1S/C22H17ClN4O5/c23-15-3-1-14(2-4-15)10-27-12-24-22(26-27)25-21(28)19-8-6-17(32-19)11-29-16-5-7-18-20(9-16)31-13-30-18/h1-9,12H,10-11,13H2,(H,25,26,28). The van der Waals surface area contributed by atoms with Crippen LogP contribution in [0.15, 0.2) is 65.3 Å². The van der Waals surface area contributed by atoms with Crippen molar-refractivity contribution in [2.75, 3.05) is 12.1 Å². The second-order valence-corrected chi connectivity index (χ2v) is 7.35. The van der Waals surface area contributed by atoms with E-state index in [0.29, 0.717) is 34.6 Å². The van der Waals surface area contributed by atoms with E-state index in [9.17, 15) is 4.79 Å². The number of fused-ring (bicyclic) bond motifs is 1. The van der Waals surface area contributed by atoms with Gasteiger partial charge in [0.1, 0.15) is 24.4 Å². The number of nitrogens with zero attached hydrogens (tertiary/aromatic N) is 3. The number of ether oxygens (including phenoxy) is 3. The molecule has 5 rings (SSSR count). The monoisotopic (exact) mass is 452 g/mol. The highest BCUT2D eigenvalue weighted by Crippen LogP contribution is 2.35. The van der Waals surface area contributed by atoms with Crippen LogP contribution < -0.4 is 19.5 Å². The first kappa shape index (κ1) is 20.0. The number of carbonyl (C=O) groups is 1. The number of amides is 1. The van der Waals surface area contributed by atoms with Gasteiger partial charge in [0.05, 0.1) is 6.54 Å². The number of anilines is 1. The van der Waals surface area contributed by atoms with Crippen molar-refractivity contribution in [3.05, 3.63) is 83.0 Å². The minimum Gasteiger partial charge on any atom is -0.486 e. The van der Waals surface area contributed by atoms with Gasteiger partial charge in [0.2, 0.25) is 12.7 Å². The Labute approximate surface area is 187 Å². The molecule has 0 fully saturated rings. The third kappa shape index (κ3) is 4.52. The number of hydrogen-bond donors (Lipinski definition) is 1. The molecule has 10 heteroatoms. The summed E-state index contributed by atoms with van der Waals surface area (Å²) < 4.78 is 23.5. The lowest BCUT2D eigenvalue weighted by Gasteiger charge is -2.05. The normalized spacial score (nSPS) is 12.0. The van der Waals surface area contributed by atoms with Crippen LogP contribution in [0.5, 0.6) is 17.2 Å². The maximum Gasteiger partial charge on any atom is 0.293 e. The third-order valence-electron chi connectivity index (χ3n) is 4.63. The molecule has 0 bridgehead atoms. The average Bonchev–Trinajstić information content (AvgIpc) is 3.54. The van der Waals surface area contributed by atoms with E-state index in [0.717, 1.165) is 5.56 Å². The van der Waals surface area contributed by atoms with Crippen LogP contribution in [0.3, 0.4) is 0 Å². The Morgan fingerprint density at radius 2 is 1.94 bits per heavy atom. The van der Waals surface area contributed by atoms with Crippen LogP contribution in [0, 0.1) is 0 Å². The molecular formula is C22H17ClN4O5. The van der Waals surface area contributed by atoms with E-state index in [1.165, 1.54) is 6.33 Å². The van der Waals surface area contributed by atoms with Gasteiger partial charge in [-0.05, 0) is 42.0 Å². The van der Waals surface area contributed by atoms with Gasteiger partial charge in [0.25, 0.3) is 5.91 Å². The van der Waals surface area contributed by atoms with Crippen LogP contribution in [0.25, 0.3) is 0 Å². The van der Waals surface area contributed by atoms with Gasteiger partial charge in [-0.15, -0.1) is 5.10 Å². The zero-order chi connectivity index (χ0) is 21.9. The van der Waals surface area contributed by atoms with Gasteiger partial charge < -0.3 is 18.6 Å². The molecule has 9 nitrogen and oxygen atoms in total. The molecule has 1 aliphatic heterocycles. The highest BCUT2D eigenvalue weighted by molar-refractivity contribution is 6.30. The van der Waals surface area contributed by atoms with Crippen molar-refractivity contribution in [2.45, 2.75) is 13.2 Å². The molecule has 0 radical (unpaired) electrons. The van der Waals surface area contributed by atoms with Crippen molar-refractivity contribution in [3.8, 4) is 17.2 Å². The number of hydrogen-bond acceptors (Lipinski definition) is 7. The first-order valence-electron chi connectivity index (χ1n) is 9.69. The van der Waals surface area contributed by atoms with Crippen LogP contribution in [-0.2, 0) is 13.2 Å². The van der Waals surface area contributed by atoms with E-state index in [1.54, 1.807) is 47.1 Å². The molecule has 2 aromatic carbocycles. The van der Waals surface area contributed by atoms with Crippen LogP contribution in [0.1, 0.15) is 21.9 Å². The van der Waals surface area contributed by atoms with E-state index in [1.807, 2.05) is 12.1 Å². The van der Waals surface area contributed by atoms with Crippen molar-refractivity contribution in [1.29, 1.82) is 0 Å². The average molecular weight is 453 g/mol.